The van der Waals surface area contributed by atoms with E-state index in [1.807, 2.05) is 0 Å². The van der Waals surface area contributed by atoms with E-state index in [0.717, 1.165) is 18.4 Å². The lowest BCUT2D eigenvalue weighted by atomic mass is 10.0. The third-order valence-electron chi connectivity index (χ3n) is 2.53. The molecule has 1 aromatic carbocycles. The average Bonchev–Trinajstić information content (AvgIpc) is 2.25. The minimum Gasteiger partial charge on any atom is -0.496 e. The second-order valence-electron chi connectivity index (χ2n) is 4.33. The van der Waals surface area contributed by atoms with Crippen LogP contribution in [0.4, 0.5) is 4.39 Å². The highest BCUT2D eigenvalue weighted by atomic mass is 35.5. The number of halogens is 2. The second-order valence-corrected chi connectivity index (χ2v) is 4.85. The first-order valence-electron chi connectivity index (χ1n) is 5.52. The minimum atomic E-state index is -0.272. The quantitative estimate of drug-likeness (QED) is 0.691. The average molecular weight is 245 g/mol. The first-order valence-corrected chi connectivity index (χ1v) is 5.95. The Labute approximate surface area is 102 Å². The summed E-state index contributed by atoms with van der Waals surface area (Å²) in [4.78, 5) is 0. The van der Waals surface area contributed by atoms with E-state index >= 15 is 0 Å². The van der Waals surface area contributed by atoms with Crippen molar-refractivity contribution in [3.63, 3.8) is 0 Å². The van der Waals surface area contributed by atoms with Gasteiger partial charge in [0.2, 0.25) is 0 Å². The SMILES string of the molecule is COc1ccc(F)cc1C(Cl)CCC(C)C. The standard InChI is InChI=1S/C13H18ClFO/c1-9(2)4-6-12(14)11-8-10(15)5-7-13(11)16-3/h5,7-9,12H,4,6H2,1-3H3. The zero-order valence-corrected chi connectivity index (χ0v) is 10.7. The maximum atomic E-state index is 13.1. The zero-order valence-electron chi connectivity index (χ0n) is 9.97. The third kappa shape index (κ3) is 3.67. The molecule has 0 aliphatic rings. The molecular formula is C13H18ClFO. The lowest BCUT2D eigenvalue weighted by molar-refractivity contribution is 0.405. The van der Waals surface area contributed by atoms with Crippen LogP contribution < -0.4 is 4.74 Å². The van der Waals surface area contributed by atoms with E-state index in [2.05, 4.69) is 13.8 Å². The molecule has 1 aromatic rings. The number of alkyl halides is 1. The van der Waals surface area contributed by atoms with Gasteiger partial charge in [-0.15, -0.1) is 11.6 Å². The molecule has 0 spiro atoms. The molecule has 0 aromatic heterocycles. The van der Waals surface area contributed by atoms with Crippen LogP contribution in [0, 0.1) is 11.7 Å². The Hall–Kier alpha value is -0.760. The Morgan fingerprint density at radius 3 is 2.56 bits per heavy atom. The molecular weight excluding hydrogens is 227 g/mol. The monoisotopic (exact) mass is 244 g/mol. The maximum absolute atomic E-state index is 13.1. The van der Waals surface area contributed by atoms with Crippen molar-refractivity contribution in [2.75, 3.05) is 7.11 Å². The summed E-state index contributed by atoms with van der Waals surface area (Å²) in [6.07, 6.45) is 1.85. The van der Waals surface area contributed by atoms with E-state index in [1.54, 1.807) is 13.2 Å². The summed E-state index contributed by atoms with van der Waals surface area (Å²) in [5.41, 5.74) is 0.741. The predicted octanol–water partition coefficient (Wildman–Crippen LogP) is 4.55. The Kier molecular flexibility index (Phi) is 5.07. The van der Waals surface area contributed by atoms with Crippen molar-refractivity contribution in [1.29, 1.82) is 0 Å². The van der Waals surface area contributed by atoms with Crippen molar-refractivity contribution in [3.05, 3.63) is 29.6 Å². The molecule has 0 heterocycles. The Bertz CT molecular complexity index is 339. The summed E-state index contributed by atoms with van der Waals surface area (Å²) in [6.45, 7) is 4.29. The summed E-state index contributed by atoms with van der Waals surface area (Å²) in [5, 5.41) is -0.187. The molecule has 1 atom stereocenters. The van der Waals surface area contributed by atoms with E-state index in [4.69, 9.17) is 16.3 Å². The summed E-state index contributed by atoms with van der Waals surface area (Å²) in [5.74, 6) is 0.983. The lowest BCUT2D eigenvalue weighted by Gasteiger charge is -2.15. The molecule has 0 fully saturated rings. The second kappa shape index (κ2) is 6.09. The number of benzene rings is 1. The van der Waals surface area contributed by atoms with Gasteiger partial charge < -0.3 is 4.74 Å². The highest BCUT2D eigenvalue weighted by Gasteiger charge is 2.14. The van der Waals surface area contributed by atoms with Gasteiger partial charge >= 0.3 is 0 Å². The summed E-state index contributed by atoms with van der Waals surface area (Å²) >= 11 is 6.26. The van der Waals surface area contributed by atoms with Gasteiger partial charge in [0.15, 0.2) is 0 Å². The molecule has 1 rings (SSSR count). The Balaban J connectivity index is 2.80. The van der Waals surface area contributed by atoms with Gasteiger partial charge in [0.05, 0.1) is 12.5 Å². The summed E-state index contributed by atoms with van der Waals surface area (Å²) in [7, 11) is 1.57. The third-order valence-corrected chi connectivity index (χ3v) is 2.98. The molecule has 0 N–H and O–H groups in total. The summed E-state index contributed by atoms with van der Waals surface area (Å²) in [6, 6.07) is 4.46. The Morgan fingerprint density at radius 1 is 1.31 bits per heavy atom. The smallest absolute Gasteiger partial charge is 0.123 e. The molecule has 90 valence electrons. The fourth-order valence-corrected chi connectivity index (χ4v) is 1.88. The van der Waals surface area contributed by atoms with Crippen LogP contribution in [-0.4, -0.2) is 7.11 Å². The summed E-state index contributed by atoms with van der Waals surface area (Å²) < 4.78 is 18.3. The van der Waals surface area contributed by atoms with Crippen molar-refractivity contribution < 1.29 is 9.13 Å². The van der Waals surface area contributed by atoms with Crippen LogP contribution in [0.2, 0.25) is 0 Å². The van der Waals surface area contributed by atoms with Gasteiger partial charge in [-0.1, -0.05) is 13.8 Å². The van der Waals surface area contributed by atoms with Gasteiger partial charge in [-0.25, -0.2) is 4.39 Å². The first kappa shape index (κ1) is 13.3. The molecule has 0 saturated carbocycles. The van der Waals surface area contributed by atoms with Crippen LogP contribution >= 0.6 is 11.6 Å². The van der Waals surface area contributed by atoms with Gasteiger partial charge in [-0.2, -0.15) is 0 Å². The highest BCUT2D eigenvalue weighted by molar-refractivity contribution is 6.21. The lowest BCUT2D eigenvalue weighted by Crippen LogP contribution is -1.98. The van der Waals surface area contributed by atoms with Crippen molar-refractivity contribution in [2.45, 2.75) is 32.1 Å². The first-order chi connectivity index (χ1) is 7.54. The fourth-order valence-electron chi connectivity index (χ4n) is 1.59. The highest BCUT2D eigenvalue weighted by Crippen LogP contribution is 2.34. The zero-order chi connectivity index (χ0) is 12.1. The maximum Gasteiger partial charge on any atom is 0.123 e. The number of ether oxygens (including phenoxy) is 1. The molecule has 0 saturated heterocycles. The van der Waals surface area contributed by atoms with E-state index in [9.17, 15) is 4.39 Å². The number of hydrogen-bond donors (Lipinski definition) is 0. The van der Waals surface area contributed by atoms with Crippen molar-refractivity contribution in [2.24, 2.45) is 5.92 Å². The van der Waals surface area contributed by atoms with Crippen LogP contribution in [0.15, 0.2) is 18.2 Å². The molecule has 1 unspecified atom stereocenters. The topological polar surface area (TPSA) is 9.23 Å². The number of methoxy groups -OCH3 is 1. The molecule has 0 aliphatic heterocycles. The van der Waals surface area contributed by atoms with E-state index in [1.165, 1.54) is 12.1 Å². The predicted molar refractivity (Wildman–Crippen MR) is 65.6 cm³/mol. The van der Waals surface area contributed by atoms with E-state index in [0.29, 0.717) is 11.7 Å². The molecule has 3 heteroatoms. The normalized spacial score (nSPS) is 12.9. The van der Waals surface area contributed by atoms with Crippen LogP contribution in [0.1, 0.15) is 37.6 Å². The van der Waals surface area contributed by atoms with E-state index < -0.39 is 0 Å². The molecule has 0 bridgehead atoms. The largest absolute Gasteiger partial charge is 0.496 e. The van der Waals surface area contributed by atoms with Crippen molar-refractivity contribution in [1.82, 2.24) is 0 Å². The molecule has 1 nitrogen and oxygen atoms in total. The van der Waals surface area contributed by atoms with Gasteiger partial charge in [-0.05, 0) is 37.0 Å². The van der Waals surface area contributed by atoms with Gasteiger partial charge in [0.25, 0.3) is 0 Å². The van der Waals surface area contributed by atoms with Gasteiger partial charge in [0, 0.05) is 5.56 Å². The molecule has 0 aliphatic carbocycles. The molecule has 0 amide bonds. The fraction of sp³-hybridized carbons (Fsp3) is 0.538. The van der Waals surface area contributed by atoms with Crippen molar-refractivity contribution in [3.8, 4) is 5.75 Å². The number of hydrogen-bond acceptors (Lipinski definition) is 1. The van der Waals surface area contributed by atoms with Crippen LogP contribution in [0.3, 0.4) is 0 Å². The van der Waals surface area contributed by atoms with Gasteiger partial charge in [-0.3, -0.25) is 0 Å². The molecule has 0 radical (unpaired) electrons. The van der Waals surface area contributed by atoms with Crippen LogP contribution in [-0.2, 0) is 0 Å². The molecule has 16 heavy (non-hydrogen) atoms. The van der Waals surface area contributed by atoms with Crippen LogP contribution in [0.5, 0.6) is 5.75 Å². The van der Waals surface area contributed by atoms with Crippen LogP contribution in [0.25, 0.3) is 0 Å². The van der Waals surface area contributed by atoms with Crippen molar-refractivity contribution >= 4 is 11.6 Å². The van der Waals surface area contributed by atoms with Gasteiger partial charge in [0.1, 0.15) is 11.6 Å². The Morgan fingerprint density at radius 2 is 2.00 bits per heavy atom. The van der Waals surface area contributed by atoms with E-state index in [-0.39, 0.29) is 11.2 Å². The number of rotatable bonds is 5. The minimum absolute atomic E-state index is 0.187.